The third kappa shape index (κ3) is 8.53. The largest absolute Gasteiger partial charge is 0.458 e. The molecule has 0 radical (unpaired) electrons. The number of ether oxygens (including phenoxy) is 2. The first-order valence-corrected chi connectivity index (χ1v) is 19.4. The van der Waals surface area contributed by atoms with E-state index in [1.807, 2.05) is 75.4 Å². The molecule has 4 bridgehead atoms. The van der Waals surface area contributed by atoms with E-state index in [2.05, 4.69) is 41.1 Å². The van der Waals surface area contributed by atoms with E-state index >= 15 is 0 Å². The van der Waals surface area contributed by atoms with Crippen LogP contribution < -0.4 is 0 Å². The highest BCUT2D eigenvalue weighted by Crippen LogP contribution is 2.69. The Bertz CT molecular complexity index is 1560. The summed E-state index contributed by atoms with van der Waals surface area (Å²) in [4.78, 5) is 27.8. The first-order valence-electron chi connectivity index (χ1n) is 16.4. The number of rotatable bonds is 10. The normalized spacial score (nSPS) is 23.6. The summed E-state index contributed by atoms with van der Waals surface area (Å²) in [6.07, 6.45) is 5.22. The van der Waals surface area contributed by atoms with E-state index in [0.29, 0.717) is 37.0 Å². The third-order valence-electron chi connectivity index (χ3n) is 9.22. The van der Waals surface area contributed by atoms with Crippen LogP contribution in [0.3, 0.4) is 0 Å². The van der Waals surface area contributed by atoms with Gasteiger partial charge in [0.15, 0.2) is 13.2 Å². The molecule has 3 aromatic rings. The van der Waals surface area contributed by atoms with E-state index in [1.54, 1.807) is 0 Å². The van der Waals surface area contributed by atoms with Gasteiger partial charge in [-0.2, -0.15) is 17.2 Å². The Morgan fingerprint density at radius 1 is 0.755 bits per heavy atom. The Kier molecular flexibility index (Phi) is 10.9. The average Bonchev–Trinajstić information content (AvgIpc) is 3.04. The van der Waals surface area contributed by atoms with Crippen LogP contribution in [-0.2, 0) is 33.4 Å². The molecule has 8 nitrogen and oxygen atoms in total. The Hall–Kier alpha value is -3.32. The lowest BCUT2D eigenvalue weighted by Crippen LogP contribution is -2.51. The van der Waals surface area contributed by atoms with E-state index in [9.17, 15) is 26.8 Å². The molecule has 1 N–H and O–H groups in total. The van der Waals surface area contributed by atoms with Gasteiger partial charge in [-0.1, -0.05) is 64.9 Å². The van der Waals surface area contributed by atoms with Crippen molar-refractivity contribution in [1.29, 1.82) is 0 Å². The molecule has 3 aromatic carbocycles. The van der Waals surface area contributed by atoms with E-state index < -0.39 is 49.3 Å². The maximum absolute atomic E-state index is 13.1. The van der Waals surface area contributed by atoms with Crippen LogP contribution in [0.1, 0.15) is 59.3 Å². The molecular formula is C37H44F2O8S2. The minimum absolute atomic E-state index is 0.120. The molecule has 0 aliphatic heterocycles. The summed E-state index contributed by atoms with van der Waals surface area (Å²) in [6, 6.07) is 30.3. The highest BCUT2D eigenvalue weighted by Gasteiger charge is 2.56. The number of halogens is 2. The number of hydrogen-bond acceptors (Lipinski definition) is 7. The molecule has 12 heteroatoms. The molecule has 4 saturated carbocycles. The molecule has 266 valence electrons. The Labute approximate surface area is 288 Å². The van der Waals surface area contributed by atoms with E-state index in [1.165, 1.54) is 0 Å². The topological polar surface area (TPSA) is 116 Å². The molecule has 0 atom stereocenters. The molecular weight excluding hydrogens is 675 g/mol. The molecule has 4 aliphatic carbocycles. The predicted molar refractivity (Wildman–Crippen MR) is 182 cm³/mol. The van der Waals surface area contributed by atoms with E-state index in [0.717, 1.165) is 33.9 Å². The monoisotopic (exact) mass is 718 g/mol. The smallest absolute Gasteiger partial charge is 0.402 e. The fraction of sp³-hybridized carbons (Fsp3) is 0.459. The zero-order valence-electron chi connectivity index (χ0n) is 27.9. The van der Waals surface area contributed by atoms with E-state index in [4.69, 9.17) is 13.5 Å². The predicted octanol–water partition coefficient (Wildman–Crippen LogP) is 8.47. The summed E-state index contributed by atoms with van der Waals surface area (Å²) in [5.41, 5.74) is -1.27. The van der Waals surface area contributed by atoms with Crippen molar-refractivity contribution in [1.82, 2.24) is 0 Å². The van der Waals surface area contributed by atoms with Gasteiger partial charge in [0.2, 0.25) is 0 Å². The molecule has 0 saturated heterocycles. The van der Waals surface area contributed by atoms with Crippen molar-refractivity contribution < 1.29 is 45.0 Å². The number of alkyl halides is 2. The maximum Gasteiger partial charge on any atom is 0.402 e. The molecule has 0 aromatic heterocycles. The number of esters is 2. The Morgan fingerprint density at radius 2 is 1.14 bits per heavy atom. The summed E-state index contributed by atoms with van der Waals surface area (Å²) in [5, 5.41) is -4.45. The summed E-state index contributed by atoms with van der Waals surface area (Å²) in [5.74, 6) is 0.250. The van der Waals surface area contributed by atoms with Gasteiger partial charge >= 0.3 is 27.3 Å². The first-order chi connectivity index (χ1) is 23.0. The number of benzene rings is 3. The fourth-order valence-electron chi connectivity index (χ4n) is 7.69. The van der Waals surface area contributed by atoms with Crippen LogP contribution in [0.15, 0.2) is 106 Å². The molecule has 0 unspecified atom stereocenters. The van der Waals surface area contributed by atoms with Crippen LogP contribution in [-0.4, -0.2) is 49.0 Å². The van der Waals surface area contributed by atoms with Gasteiger partial charge in [-0.3, -0.25) is 9.35 Å². The van der Waals surface area contributed by atoms with Gasteiger partial charge in [0.1, 0.15) is 5.60 Å². The lowest BCUT2D eigenvalue weighted by Gasteiger charge is -2.55. The molecule has 7 rings (SSSR count). The Balaban J connectivity index is 0.000000199. The molecule has 4 aliphatic rings. The molecule has 4 fully saturated rings. The minimum atomic E-state index is -5.56. The third-order valence-corrected chi connectivity index (χ3v) is 13.4. The quantitative estimate of drug-likeness (QED) is 0.164. The summed E-state index contributed by atoms with van der Waals surface area (Å²) in [6.45, 7) is 3.83. The zero-order valence-corrected chi connectivity index (χ0v) is 29.6. The standard InChI is InChI=1S/C24H26O3S.C13H18F2O5S/c1-24(2,3)27-23(25)19-26-28(20-13-7-4-8-14-20,21-15-9-5-10-16-21)22-17-11-6-12-18-22;14-13(15,21(17,18)19)7-20-11(16)12-4-8-1-9(5-12)3-10(2-8)6-12/h4-18H,19H2,1-3H3;8-10H,1-7H2,(H,17,18,19). The molecule has 0 spiro atoms. The van der Waals surface area contributed by atoms with Crippen LogP contribution in [0.4, 0.5) is 8.78 Å². The second kappa shape index (κ2) is 14.5. The van der Waals surface area contributed by atoms with Gasteiger partial charge in [-0.05, 0) is 113 Å². The van der Waals surface area contributed by atoms with Crippen molar-refractivity contribution in [3.8, 4) is 0 Å². The van der Waals surface area contributed by atoms with Crippen molar-refractivity contribution in [2.45, 2.75) is 84.8 Å². The van der Waals surface area contributed by atoms with Crippen LogP contribution in [0.5, 0.6) is 0 Å². The molecule has 0 heterocycles. The highest BCUT2D eigenvalue weighted by atomic mass is 32.3. The zero-order chi connectivity index (χ0) is 35.5. The second-order valence-corrected chi connectivity index (χ2v) is 18.5. The average molecular weight is 719 g/mol. The van der Waals surface area contributed by atoms with Crippen molar-refractivity contribution >= 4 is 32.4 Å². The van der Waals surface area contributed by atoms with Crippen LogP contribution in [0.2, 0.25) is 0 Å². The van der Waals surface area contributed by atoms with Gasteiger partial charge in [-0.15, -0.1) is 0 Å². The second-order valence-electron chi connectivity index (χ2n) is 14.2. The minimum Gasteiger partial charge on any atom is -0.458 e. The fourth-order valence-corrected chi connectivity index (χ4v) is 11.0. The number of carbonyl (C=O) groups excluding carboxylic acids is 2. The van der Waals surface area contributed by atoms with Crippen LogP contribution in [0, 0.1) is 23.2 Å². The first kappa shape index (κ1) is 36.9. The van der Waals surface area contributed by atoms with Crippen molar-refractivity contribution in [2.75, 3.05) is 13.2 Å². The lowest BCUT2D eigenvalue weighted by molar-refractivity contribution is -0.176. The maximum atomic E-state index is 13.1. The summed E-state index contributed by atoms with van der Waals surface area (Å²) >= 11 is 0. The van der Waals surface area contributed by atoms with Crippen LogP contribution >= 0.6 is 10.3 Å². The summed E-state index contributed by atoms with van der Waals surface area (Å²) in [7, 11) is -7.65. The lowest BCUT2D eigenvalue weighted by atomic mass is 9.49. The van der Waals surface area contributed by atoms with Crippen molar-refractivity contribution in [3.05, 3.63) is 91.0 Å². The van der Waals surface area contributed by atoms with Gasteiger partial charge in [0.05, 0.1) is 5.41 Å². The van der Waals surface area contributed by atoms with Crippen LogP contribution in [0.25, 0.3) is 0 Å². The van der Waals surface area contributed by atoms with E-state index in [-0.39, 0.29) is 12.6 Å². The van der Waals surface area contributed by atoms with Crippen molar-refractivity contribution in [2.24, 2.45) is 23.2 Å². The molecule has 49 heavy (non-hydrogen) atoms. The van der Waals surface area contributed by atoms with Gasteiger partial charge in [-0.25, -0.2) is 4.79 Å². The summed E-state index contributed by atoms with van der Waals surface area (Å²) < 4.78 is 72.4. The van der Waals surface area contributed by atoms with Gasteiger partial charge in [0.25, 0.3) is 0 Å². The van der Waals surface area contributed by atoms with Gasteiger partial charge in [0, 0.05) is 14.7 Å². The van der Waals surface area contributed by atoms with Crippen molar-refractivity contribution in [3.63, 3.8) is 0 Å². The Morgan fingerprint density at radius 3 is 1.49 bits per heavy atom. The SMILES string of the molecule is CC(C)(C)OC(=O)COS(c1ccccc1)(c1ccccc1)c1ccccc1.O=C(OCC(F)(F)S(=O)(=O)O)C12CC3CC(CC(C3)C1)C2. The number of carbonyl (C=O) groups is 2. The molecule has 0 amide bonds. The highest BCUT2D eigenvalue weighted by molar-refractivity contribution is 8.30. The number of hydrogen-bond donors (Lipinski definition) is 1. The van der Waals surface area contributed by atoms with Gasteiger partial charge < -0.3 is 13.7 Å².